The molecule has 0 spiro atoms. The molecule has 0 aliphatic carbocycles. The third-order valence-electron chi connectivity index (χ3n) is 2.53. The molecule has 2 atom stereocenters. The Morgan fingerprint density at radius 2 is 2.27 bits per heavy atom. The summed E-state index contributed by atoms with van der Waals surface area (Å²) in [5, 5.41) is 0. The summed E-state index contributed by atoms with van der Waals surface area (Å²) in [5.41, 5.74) is 0. The van der Waals surface area contributed by atoms with E-state index in [4.69, 9.17) is 0 Å². The first kappa shape index (κ1) is 7.51. The van der Waals surface area contributed by atoms with Gasteiger partial charge >= 0.3 is 0 Å². The van der Waals surface area contributed by atoms with E-state index in [-0.39, 0.29) is 0 Å². The summed E-state index contributed by atoms with van der Waals surface area (Å²) < 4.78 is 2.22. The zero-order valence-electron chi connectivity index (χ0n) is 6.49. The SMILES string of the molecule is O=C1CCC2CN(P)CCN12. The quantitative estimate of drug-likeness (QED) is 0.483. The van der Waals surface area contributed by atoms with Crippen LogP contribution in [0.4, 0.5) is 0 Å². The molecule has 2 saturated heterocycles. The highest BCUT2D eigenvalue weighted by Crippen LogP contribution is 2.23. The van der Waals surface area contributed by atoms with E-state index < -0.39 is 0 Å². The van der Waals surface area contributed by atoms with Crippen LogP contribution in [0.1, 0.15) is 12.8 Å². The van der Waals surface area contributed by atoms with Gasteiger partial charge in [-0.1, -0.05) is 9.39 Å². The van der Waals surface area contributed by atoms with Gasteiger partial charge in [-0.2, -0.15) is 0 Å². The van der Waals surface area contributed by atoms with Crippen molar-refractivity contribution in [1.82, 2.24) is 9.57 Å². The van der Waals surface area contributed by atoms with Crippen molar-refractivity contribution >= 4 is 15.3 Å². The monoisotopic (exact) mass is 172 g/mol. The average molecular weight is 172 g/mol. The summed E-state index contributed by atoms with van der Waals surface area (Å²) in [6, 6.07) is 0.508. The van der Waals surface area contributed by atoms with Crippen molar-refractivity contribution in [3.63, 3.8) is 0 Å². The molecule has 0 bridgehead atoms. The minimum atomic E-state index is 0.355. The number of carbonyl (C=O) groups is 1. The molecule has 0 aromatic carbocycles. The molecular formula is C7H13N2OP. The summed E-state index contributed by atoms with van der Waals surface area (Å²) in [4.78, 5) is 13.2. The molecule has 0 radical (unpaired) electrons. The molecular weight excluding hydrogens is 159 g/mol. The number of carbonyl (C=O) groups excluding carboxylic acids is 1. The molecule has 2 unspecified atom stereocenters. The van der Waals surface area contributed by atoms with Gasteiger partial charge in [-0.25, -0.2) is 0 Å². The molecule has 0 N–H and O–H groups in total. The van der Waals surface area contributed by atoms with Gasteiger partial charge in [-0.15, -0.1) is 0 Å². The van der Waals surface area contributed by atoms with Crippen molar-refractivity contribution in [2.45, 2.75) is 18.9 Å². The number of rotatable bonds is 0. The lowest BCUT2D eigenvalue weighted by Crippen LogP contribution is -2.47. The molecule has 0 aromatic heterocycles. The Bertz CT molecular complexity index is 185. The lowest BCUT2D eigenvalue weighted by atomic mass is 10.2. The van der Waals surface area contributed by atoms with E-state index in [1.54, 1.807) is 0 Å². The van der Waals surface area contributed by atoms with Gasteiger partial charge in [-0.3, -0.25) is 9.46 Å². The summed E-state index contributed by atoms with van der Waals surface area (Å²) >= 11 is 0. The minimum absolute atomic E-state index is 0.355. The number of amides is 1. The smallest absolute Gasteiger partial charge is 0.222 e. The molecule has 2 heterocycles. The van der Waals surface area contributed by atoms with Crippen LogP contribution in [0.15, 0.2) is 0 Å². The van der Waals surface area contributed by atoms with Gasteiger partial charge in [0, 0.05) is 32.1 Å². The Labute approximate surface area is 69.0 Å². The largest absolute Gasteiger partial charge is 0.337 e. The number of hydrogen-bond donors (Lipinski definition) is 0. The van der Waals surface area contributed by atoms with Crippen LogP contribution in [-0.4, -0.2) is 41.2 Å². The van der Waals surface area contributed by atoms with E-state index in [9.17, 15) is 4.79 Å². The highest BCUT2D eigenvalue weighted by molar-refractivity contribution is 7.13. The third kappa shape index (κ3) is 1.27. The molecule has 0 saturated carbocycles. The first-order valence-electron chi connectivity index (χ1n) is 4.06. The minimum Gasteiger partial charge on any atom is -0.337 e. The Hall–Kier alpha value is -0.140. The van der Waals surface area contributed by atoms with Gasteiger partial charge in [0.2, 0.25) is 5.91 Å². The predicted molar refractivity (Wildman–Crippen MR) is 46.0 cm³/mol. The Morgan fingerprint density at radius 3 is 3.09 bits per heavy atom. The second-order valence-electron chi connectivity index (χ2n) is 3.27. The normalized spacial score (nSPS) is 32.6. The van der Waals surface area contributed by atoms with Crippen LogP contribution in [0.25, 0.3) is 0 Å². The van der Waals surface area contributed by atoms with Crippen molar-refractivity contribution in [1.29, 1.82) is 0 Å². The van der Waals surface area contributed by atoms with Crippen LogP contribution >= 0.6 is 9.39 Å². The maximum absolute atomic E-state index is 11.2. The fourth-order valence-corrected chi connectivity index (χ4v) is 2.25. The predicted octanol–water partition coefficient (Wildman–Crippen LogP) is 0.0831. The van der Waals surface area contributed by atoms with Gasteiger partial charge in [-0.05, 0) is 6.42 Å². The lowest BCUT2D eigenvalue weighted by molar-refractivity contribution is -0.130. The second-order valence-corrected chi connectivity index (χ2v) is 4.00. The topological polar surface area (TPSA) is 23.6 Å². The van der Waals surface area contributed by atoms with Crippen LogP contribution in [0, 0.1) is 0 Å². The van der Waals surface area contributed by atoms with Crippen LogP contribution in [0.2, 0.25) is 0 Å². The first-order chi connectivity index (χ1) is 5.27. The Kier molecular flexibility index (Phi) is 1.86. The van der Waals surface area contributed by atoms with E-state index in [0.717, 1.165) is 32.5 Å². The summed E-state index contributed by atoms with van der Waals surface area (Å²) in [7, 11) is 2.71. The molecule has 1 amide bonds. The Morgan fingerprint density at radius 1 is 1.45 bits per heavy atom. The molecule has 2 rings (SSSR count). The average Bonchev–Trinajstić information content (AvgIpc) is 2.32. The fourth-order valence-electron chi connectivity index (χ4n) is 1.89. The number of hydrogen-bond acceptors (Lipinski definition) is 2. The van der Waals surface area contributed by atoms with E-state index in [0.29, 0.717) is 11.9 Å². The van der Waals surface area contributed by atoms with Gasteiger partial charge in [0.05, 0.1) is 0 Å². The molecule has 2 fully saturated rings. The van der Waals surface area contributed by atoms with E-state index >= 15 is 0 Å². The first-order valence-corrected chi connectivity index (χ1v) is 4.58. The molecule has 4 heteroatoms. The van der Waals surface area contributed by atoms with E-state index in [1.165, 1.54) is 0 Å². The summed E-state index contributed by atoms with van der Waals surface area (Å²) in [6.07, 6.45) is 1.83. The van der Waals surface area contributed by atoms with Crippen molar-refractivity contribution in [2.75, 3.05) is 19.6 Å². The molecule has 62 valence electrons. The highest BCUT2D eigenvalue weighted by atomic mass is 31.0. The second kappa shape index (κ2) is 2.72. The van der Waals surface area contributed by atoms with Gasteiger partial charge < -0.3 is 4.90 Å². The highest BCUT2D eigenvalue weighted by Gasteiger charge is 2.34. The maximum atomic E-state index is 11.2. The van der Waals surface area contributed by atoms with Crippen molar-refractivity contribution < 1.29 is 4.79 Å². The number of nitrogens with zero attached hydrogens (tertiary/aromatic N) is 2. The summed E-state index contributed by atoms with van der Waals surface area (Å²) in [6.45, 7) is 2.97. The third-order valence-corrected chi connectivity index (χ3v) is 2.99. The van der Waals surface area contributed by atoms with Crippen LogP contribution in [0.5, 0.6) is 0 Å². The standard InChI is InChI=1S/C7H13N2OP/c10-7-2-1-6-5-8(11)3-4-9(6)7/h6H,1-5,11H2. The zero-order chi connectivity index (χ0) is 7.84. The van der Waals surface area contributed by atoms with Crippen LogP contribution in [-0.2, 0) is 4.79 Å². The summed E-state index contributed by atoms with van der Waals surface area (Å²) in [5.74, 6) is 0.355. The van der Waals surface area contributed by atoms with Crippen molar-refractivity contribution in [3.8, 4) is 0 Å². The lowest BCUT2D eigenvalue weighted by Gasteiger charge is -2.35. The zero-order valence-corrected chi connectivity index (χ0v) is 7.65. The van der Waals surface area contributed by atoms with E-state index in [2.05, 4.69) is 14.1 Å². The number of piperazine rings is 1. The van der Waals surface area contributed by atoms with Gasteiger partial charge in [0.25, 0.3) is 0 Å². The van der Waals surface area contributed by atoms with E-state index in [1.807, 2.05) is 4.90 Å². The molecule has 3 nitrogen and oxygen atoms in total. The fraction of sp³-hybridized carbons (Fsp3) is 0.857. The molecule has 11 heavy (non-hydrogen) atoms. The molecule has 2 aliphatic rings. The molecule has 2 aliphatic heterocycles. The van der Waals surface area contributed by atoms with Crippen molar-refractivity contribution in [3.05, 3.63) is 0 Å². The van der Waals surface area contributed by atoms with Crippen molar-refractivity contribution in [2.24, 2.45) is 0 Å². The number of fused-ring (bicyclic) bond motifs is 1. The van der Waals surface area contributed by atoms with Gasteiger partial charge in [0.15, 0.2) is 0 Å². The van der Waals surface area contributed by atoms with Crippen LogP contribution < -0.4 is 0 Å². The maximum Gasteiger partial charge on any atom is 0.222 e. The molecule has 0 aromatic rings. The Balaban J connectivity index is 2.06. The van der Waals surface area contributed by atoms with Crippen LogP contribution in [0.3, 0.4) is 0 Å². The van der Waals surface area contributed by atoms with Gasteiger partial charge in [0.1, 0.15) is 0 Å².